The fraction of sp³-hybridized carbons (Fsp3) is 0.556. The molecule has 0 spiro atoms. The third-order valence-corrected chi connectivity index (χ3v) is 1.91. The Hall–Kier alpha value is -1.60. The SMILES string of the molecule is CCOC(C)CNc1cc(NN)nc(N)n1. The van der Waals surface area contributed by atoms with Crippen molar-refractivity contribution >= 4 is 17.6 Å². The predicted octanol–water partition coefficient (Wildman–Crippen LogP) is 0.181. The molecule has 0 aliphatic heterocycles. The van der Waals surface area contributed by atoms with Gasteiger partial charge in [0.15, 0.2) is 0 Å². The van der Waals surface area contributed by atoms with Gasteiger partial charge in [-0.05, 0) is 13.8 Å². The largest absolute Gasteiger partial charge is 0.377 e. The predicted molar refractivity (Wildman–Crippen MR) is 63.8 cm³/mol. The van der Waals surface area contributed by atoms with Crippen LogP contribution in [0.2, 0.25) is 0 Å². The number of nitrogens with zero attached hydrogens (tertiary/aromatic N) is 2. The van der Waals surface area contributed by atoms with Crippen LogP contribution >= 0.6 is 0 Å². The molecule has 6 N–H and O–H groups in total. The Morgan fingerprint density at radius 2 is 2.12 bits per heavy atom. The van der Waals surface area contributed by atoms with E-state index in [2.05, 4.69) is 20.7 Å². The lowest BCUT2D eigenvalue weighted by Gasteiger charge is -2.13. The van der Waals surface area contributed by atoms with Gasteiger partial charge in [-0.1, -0.05) is 0 Å². The number of rotatable bonds is 6. The number of hydrogen-bond donors (Lipinski definition) is 4. The molecule has 1 unspecified atom stereocenters. The van der Waals surface area contributed by atoms with E-state index in [0.29, 0.717) is 24.8 Å². The topological polar surface area (TPSA) is 111 Å². The van der Waals surface area contributed by atoms with Crippen molar-refractivity contribution in [3.63, 3.8) is 0 Å². The maximum absolute atomic E-state index is 5.51. The third-order valence-electron chi connectivity index (χ3n) is 1.91. The van der Waals surface area contributed by atoms with E-state index < -0.39 is 0 Å². The summed E-state index contributed by atoms with van der Waals surface area (Å²) in [4.78, 5) is 7.89. The number of anilines is 3. The van der Waals surface area contributed by atoms with Gasteiger partial charge in [0, 0.05) is 19.2 Å². The molecule has 90 valence electrons. The van der Waals surface area contributed by atoms with E-state index in [1.54, 1.807) is 6.07 Å². The Morgan fingerprint density at radius 3 is 2.75 bits per heavy atom. The van der Waals surface area contributed by atoms with Crippen LogP contribution in [0, 0.1) is 0 Å². The molecule has 0 amide bonds. The summed E-state index contributed by atoms with van der Waals surface area (Å²) in [5.41, 5.74) is 7.93. The molecule has 0 aliphatic carbocycles. The van der Waals surface area contributed by atoms with Gasteiger partial charge in [-0.15, -0.1) is 0 Å². The fourth-order valence-electron chi connectivity index (χ4n) is 1.22. The molecular formula is C9H18N6O. The summed E-state index contributed by atoms with van der Waals surface area (Å²) in [6.07, 6.45) is 0.107. The number of ether oxygens (including phenoxy) is 1. The van der Waals surface area contributed by atoms with Crippen molar-refractivity contribution in [2.75, 3.05) is 29.6 Å². The van der Waals surface area contributed by atoms with Gasteiger partial charge in [-0.25, -0.2) is 5.84 Å². The van der Waals surface area contributed by atoms with Gasteiger partial charge in [-0.3, -0.25) is 0 Å². The van der Waals surface area contributed by atoms with Crippen LogP contribution in [-0.4, -0.2) is 29.2 Å². The quantitative estimate of drug-likeness (QED) is 0.404. The second-order valence-corrected chi connectivity index (χ2v) is 3.29. The summed E-state index contributed by atoms with van der Waals surface area (Å²) in [5.74, 6) is 6.50. The molecule has 1 rings (SSSR count). The van der Waals surface area contributed by atoms with Crippen LogP contribution in [0.5, 0.6) is 0 Å². The molecule has 0 aliphatic rings. The van der Waals surface area contributed by atoms with E-state index >= 15 is 0 Å². The van der Waals surface area contributed by atoms with Gasteiger partial charge in [0.1, 0.15) is 11.6 Å². The monoisotopic (exact) mass is 226 g/mol. The summed E-state index contributed by atoms with van der Waals surface area (Å²) in [6.45, 7) is 5.26. The van der Waals surface area contributed by atoms with E-state index in [1.807, 2.05) is 13.8 Å². The van der Waals surface area contributed by atoms with Crippen molar-refractivity contribution in [2.45, 2.75) is 20.0 Å². The first kappa shape index (κ1) is 12.5. The first-order valence-corrected chi connectivity index (χ1v) is 5.12. The number of nitrogen functional groups attached to an aromatic ring is 2. The Bertz CT molecular complexity index is 332. The molecule has 1 aromatic heterocycles. The summed E-state index contributed by atoms with van der Waals surface area (Å²) in [6, 6.07) is 1.68. The van der Waals surface area contributed by atoms with Gasteiger partial charge >= 0.3 is 0 Å². The minimum atomic E-state index is 0.107. The maximum atomic E-state index is 5.51. The minimum Gasteiger partial charge on any atom is -0.377 e. The highest BCUT2D eigenvalue weighted by Crippen LogP contribution is 2.11. The molecule has 0 fully saturated rings. The van der Waals surface area contributed by atoms with E-state index in [-0.39, 0.29) is 12.1 Å². The first-order chi connectivity index (χ1) is 7.65. The smallest absolute Gasteiger partial charge is 0.223 e. The number of nitrogens with two attached hydrogens (primary N) is 2. The fourth-order valence-corrected chi connectivity index (χ4v) is 1.22. The number of hydrogen-bond acceptors (Lipinski definition) is 7. The third kappa shape index (κ3) is 3.87. The highest BCUT2D eigenvalue weighted by atomic mass is 16.5. The van der Waals surface area contributed by atoms with E-state index in [9.17, 15) is 0 Å². The molecule has 7 nitrogen and oxygen atoms in total. The van der Waals surface area contributed by atoms with Gasteiger partial charge in [0.05, 0.1) is 6.10 Å². The van der Waals surface area contributed by atoms with Crippen LogP contribution in [-0.2, 0) is 4.74 Å². The number of aromatic nitrogens is 2. The van der Waals surface area contributed by atoms with Crippen molar-refractivity contribution in [3.05, 3.63) is 6.07 Å². The summed E-state index contributed by atoms with van der Waals surface area (Å²) < 4.78 is 5.37. The van der Waals surface area contributed by atoms with Crippen molar-refractivity contribution in [1.82, 2.24) is 9.97 Å². The molecular weight excluding hydrogens is 208 g/mol. The molecule has 0 aromatic carbocycles. The first-order valence-electron chi connectivity index (χ1n) is 5.12. The van der Waals surface area contributed by atoms with E-state index in [0.717, 1.165) is 0 Å². The molecule has 0 saturated carbocycles. The van der Waals surface area contributed by atoms with Crippen molar-refractivity contribution in [2.24, 2.45) is 5.84 Å². The molecule has 0 bridgehead atoms. The van der Waals surface area contributed by atoms with Crippen molar-refractivity contribution in [1.29, 1.82) is 0 Å². The average Bonchev–Trinajstić information content (AvgIpc) is 2.26. The lowest BCUT2D eigenvalue weighted by molar-refractivity contribution is 0.0855. The normalized spacial score (nSPS) is 12.2. The van der Waals surface area contributed by atoms with Gasteiger partial charge in [0.2, 0.25) is 5.95 Å². The molecule has 1 aromatic rings. The summed E-state index contributed by atoms with van der Waals surface area (Å²) in [7, 11) is 0. The van der Waals surface area contributed by atoms with Crippen LogP contribution in [0.4, 0.5) is 17.6 Å². The zero-order valence-electron chi connectivity index (χ0n) is 9.53. The highest BCUT2D eigenvalue weighted by molar-refractivity contribution is 5.50. The highest BCUT2D eigenvalue weighted by Gasteiger charge is 2.04. The second-order valence-electron chi connectivity index (χ2n) is 3.29. The van der Waals surface area contributed by atoms with Crippen LogP contribution in [0.25, 0.3) is 0 Å². The zero-order valence-corrected chi connectivity index (χ0v) is 9.53. The molecule has 0 saturated heterocycles. The Labute approximate surface area is 94.6 Å². The van der Waals surface area contributed by atoms with Crippen LogP contribution in [0.15, 0.2) is 6.07 Å². The van der Waals surface area contributed by atoms with E-state index in [4.69, 9.17) is 16.3 Å². The van der Waals surface area contributed by atoms with E-state index in [1.165, 1.54) is 0 Å². The maximum Gasteiger partial charge on any atom is 0.223 e. The molecule has 1 atom stereocenters. The lowest BCUT2D eigenvalue weighted by Crippen LogP contribution is -2.21. The van der Waals surface area contributed by atoms with Crippen molar-refractivity contribution < 1.29 is 4.74 Å². The van der Waals surface area contributed by atoms with Crippen molar-refractivity contribution in [3.8, 4) is 0 Å². The molecule has 1 heterocycles. The van der Waals surface area contributed by atoms with Gasteiger partial charge in [-0.2, -0.15) is 9.97 Å². The summed E-state index contributed by atoms with van der Waals surface area (Å²) >= 11 is 0. The molecule has 0 radical (unpaired) electrons. The average molecular weight is 226 g/mol. The Kier molecular flexibility index (Phi) is 4.74. The molecule has 7 heteroatoms. The Balaban J connectivity index is 2.56. The Morgan fingerprint density at radius 1 is 1.44 bits per heavy atom. The summed E-state index contributed by atoms with van der Waals surface area (Å²) in [5, 5.41) is 3.09. The van der Waals surface area contributed by atoms with Gasteiger partial charge in [0.25, 0.3) is 0 Å². The second kappa shape index (κ2) is 6.09. The van der Waals surface area contributed by atoms with Crippen LogP contribution in [0.1, 0.15) is 13.8 Å². The van der Waals surface area contributed by atoms with Crippen LogP contribution in [0.3, 0.4) is 0 Å². The lowest BCUT2D eigenvalue weighted by atomic mass is 10.4. The van der Waals surface area contributed by atoms with Gasteiger partial charge < -0.3 is 21.2 Å². The minimum absolute atomic E-state index is 0.107. The molecule has 16 heavy (non-hydrogen) atoms. The number of nitrogens with one attached hydrogen (secondary N) is 2. The van der Waals surface area contributed by atoms with Crippen LogP contribution < -0.4 is 22.3 Å². The standard InChI is InChI=1S/C9H18N6O/c1-3-16-6(2)5-12-7-4-8(15-11)14-9(10)13-7/h4,6H,3,5,11H2,1-2H3,(H4,10,12,13,14,15). The number of hydrazine groups is 1. The zero-order chi connectivity index (χ0) is 12.0.